The molecule has 2 aromatic rings. The second-order valence-electron chi connectivity index (χ2n) is 4.28. The van der Waals surface area contributed by atoms with E-state index in [1.54, 1.807) is 0 Å². The van der Waals surface area contributed by atoms with E-state index in [0.29, 0.717) is 23.0 Å². The highest BCUT2D eigenvalue weighted by atomic mass is 35.5. The van der Waals surface area contributed by atoms with Crippen molar-refractivity contribution < 1.29 is 13.5 Å². The van der Waals surface area contributed by atoms with Gasteiger partial charge in [-0.15, -0.1) is 0 Å². The zero-order valence-electron chi connectivity index (χ0n) is 10.8. The molecule has 2 N–H and O–H groups in total. The van der Waals surface area contributed by atoms with Gasteiger partial charge < -0.3 is 5.11 Å². The molecule has 1 aromatic heterocycles. The molecule has 0 saturated heterocycles. The Kier molecular flexibility index (Phi) is 5.10. The summed E-state index contributed by atoms with van der Waals surface area (Å²) in [5.74, 6) is 0. The van der Waals surface area contributed by atoms with Crippen molar-refractivity contribution in [3.05, 3.63) is 40.6 Å². The van der Waals surface area contributed by atoms with E-state index in [2.05, 4.69) is 9.82 Å². The molecule has 0 fully saturated rings. The van der Waals surface area contributed by atoms with Gasteiger partial charge in [0.15, 0.2) is 0 Å². The van der Waals surface area contributed by atoms with Gasteiger partial charge in [-0.25, -0.2) is 8.42 Å². The molecule has 1 heterocycles. The van der Waals surface area contributed by atoms with Crippen molar-refractivity contribution >= 4 is 38.9 Å². The maximum absolute atomic E-state index is 12.2. The van der Waals surface area contributed by atoms with E-state index in [4.69, 9.17) is 28.3 Å². The molecule has 0 amide bonds. The van der Waals surface area contributed by atoms with Crippen LogP contribution in [-0.2, 0) is 16.6 Å². The van der Waals surface area contributed by atoms with Crippen LogP contribution in [0.4, 0.5) is 5.69 Å². The van der Waals surface area contributed by atoms with Gasteiger partial charge >= 0.3 is 0 Å². The first kappa shape index (κ1) is 16.1. The smallest absolute Gasteiger partial charge is 0.265 e. The molecule has 9 heteroatoms. The molecular weight excluding hydrogens is 337 g/mol. The van der Waals surface area contributed by atoms with E-state index in [0.717, 1.165) is 0 Å². The number of benzene rings is 1. The lowest BCUT2D eigenvalue weighted by atomic mass is 10.3. The molecule has 0 aliphatic carbocycles. The van der Waals surface area contributed by atoms with E-state index in [1.807, 2.05) is 0 Å². The number of rotatable bonds is 6. The van der Waals surface area contributed by atoms with Gasteiger partial charge in [0.1, 0.15) is 4.90 Å². The summed E-state index contributed by atoms with van der Waals surface area (Å²) in [6.45, 7) is 0.455. The maximum atomic E-state index is 12.2. The van der Waals surface area contributed by atoms with Gasteiger partial charge in [0.2, 0.25) is 0 Å². The van der Waals surface area contributed by atoms with Crippen LogP contribution in [0.1, 0.15) is 6.42 Å². The first-order chi connectivity index (χ1) is 9.90. The second-order valence-corrected chi connectivity index (χ2v) is 6.84. The summed E-state index contributed by atoms with van der Waals surface area (Å²) in [4.78, 5) is 0.0246. The van der Waals surface area contributed by atoms with E-state index < -0.39 is 10.0 Å². The second kappa shape index (κ2) is 6.65. The summed E-state index contributed by atoms with van der Waals surface area (Å²) >= 11 is 11.7. The fraction of sp³-hybridized carbons (Fsp3) is 0.250. The number of sulfonamides is 1. The molecule has 0 atom stereocenters. The van der Waals surface area contributed by atoms with Crippen LogP contribution in [0.25, 0.3) is 0 Å². The molecule has 21 heavy (non-hydrogen) atoms. The van der Waals surface area contributed by atoms with E-state index in [-0.39, 0.29) is 17.2 Å². The average Bonchev–Trinajstić information content (AvgIpc) is 2.84. The number of halogens is 2. The number of aryl methyl sites for hydroxylation is 1. The number of hydrogen-bond acceptors (Lipinski definition) is 4. The highest BCUT2D eigenvalue weighted by Crippen LogP contribution is 2.24. The molecule has 2 rings (SSSR count). The predicted octanol–water partition coefficient (Wildman–Crippen LogP) is 2.37. The number of aliphatic hydroxyl groups excluding tert-OH is 1. The van der Waals surface area contributed by atoms with Crippen molar-refractivity contribution in [3.63, 3.8) is 0 Å². The first-order valence-electron chi connectivity index (χ1n) is 6.03. The number of nitrogens with one attached hydrogen (secondary N) is 1. The van der Waals surface area contributed by atoms with Crippen molar-refractivity contribution in [1.29, 1.82) is 0 Å². The highest BCUT2D eigenvalue weighted by Gasteiger charge is 2.17. The molecular formula is C12H13Cl2N3O3S. The Morgan fingerprint density at radius 3 is 2.52 bits per heavy atom. The summed E-state index contributed by atoms with van der Waals surface area (Å²) < 4.78 is 28.3. The summed E-state index contributed by atoms with van der Waals surface area (Å²) in [5.41, 5.74) is 0.274. The molecule has 0 bridgehead atoms. The quantitative estimate of drug-likeness (QED) is 0.838. The number of nitrogens with zero attached hydrogens (tertiary/aromatic N) is 2. The van der Waals surface area contributed by atoms with Crippen molar-refractivity contribution in [2.75, 3.05) is 11.3 Å². The zero-order valence-corrected chi connectivity index (χ0v) is 13.2. The van der Waals surface area contributed by atoms with Crippen LogP contribution in [0.2, 0.25) is 10.0 Å². The number of aliphatic hydroxyl groups is 1. The fourth-order valence-corrected chi connectivity index (χ4v) is 3.18. The van der Waals surface area contributed by atoms with Gasteiger partial charge in [-0.1, -0.05) is 23.2 Å². The Morgan fingerprint density at radius 1 is 1.24 bits per heavy atom. The standard InChI is InChI=1S/C12H13Cl2N3O3S/c13-9-4-10(14)6-11(5-9)16-21(19,20)12-7-15-17(8-12)2-1-3-18/h4-8,16,18H,1-3H2. The molecule has 0 aliphatic heterocycles. The molecule has 0 saturated carbocycles. The third-order valence-electron chi connectivity index (χ3n) is 2.58. The Hall–Kier alpha value is -1.28. The van der Waals surface area contributed by atoms with Gasteiger partial charge in [0.05, 0.1) is 11.9 Å². The van der Waals surface area contributed by atoms with E-state index in [1.165, 1.54) is 35.3 Å². The van der Waals surface area contributed by atoms with Crippen molar-refractivity contribution in [3.8, 4) is 0 Å². The van der Waals surface area contributed by atoms with Gasteiger partial charge in [-0.05, 0) is 24.6 Å². The number of anilines is 1. The Bertz CT molecular complexity index is 711. The van der Waals surface area contributed by atoms with Gasteiger partial charge in [0.25, 0.3) is 10.0 Å². The van der Waals surface area contributed by atoms with Crippen LogP contribution < -0.4 is 4.72 Å². The van der Waals surface area contributed by atoms with Crippen LogP contribution in [0.3, 0.4) is 0 Å². The molecule has 1 aromatic carbocycles. The number of hydrogen-bond donors (Lipinski definition) is 2. The van der Waals surface area contributed by atoms with Gasteiger partial charge in [0, 0.05) is 29.4 Å². The Morgan fingerprint density at radius 2 is 1.90 bits per heavy atom. The number of aromatic nitrogens is 2. The Balaban J connectivity index is 2.19. The third-order valence-corrected chi connectivity index (χ3v) is 4.35. The Labute approximate surface area is 132 Å². The van der Waals surface area contributed by atoms with Crippen LogP contribution in [-0.4, -0.2) is 29.9 Å². The third kappa shape index (κ3) is 4.34. The first-order valence-corrected chi connectivity index (χ1v) is 8.27. The minimum atomic E-state index is -3.76. The lowest BCUT2D eigenvalue weighted by molar-refractivity contribution is 0.277. The van der Waals surface area contributed by atoms with Gasteiger partial charge in [-0.2, -0.15) is 5.10 Å². The minimum Gasteiger partial charge on any atom is -0.396 e. The summed E-state index contributed by atoms with van der Waals surface area (Å²) in [6.07, 6.45) is 3.13. The summed E-state index contributed by atoms with van der Waals surface area (Å²) in [6, 6.07) is 4.43. The fourth-order valence-electron chi connectivity index (χ4n) is 1.67. The zero-order chi connectivity index (χ0) is 15.5. The maximum Gasteiger partial charge on any atom is 0.265 e. The predicted molar refractivity (Wildman–Crippen MR) is 81.2 cm³/mol. The molecule has 0 aliphatic rings. The monoisotopic (exact) mass is 349 g/mol. The van der Waals surface area contributed by atoms with E-state index in [9.17, 15) is 8.42 Å². The summed E-state index contributed by atoms with van der Waals surface area (Å²) in [5, 5.41) is 13.3. The SMILES string of the molecule is O=S(=O)(Nc1cc(Cl)cc(Cl)c1)c1cnn(CCCO)c1. The molecule has 114 valence electrons. The van der Waals surface area contributed by atoms with Crippen molar-refractivity contribution in [2.24, 2.45) is 0 Å². The van der Waals surface area contributed by atoms with Crippen molar-refractivity contribution in [2.45, 2.75) is 17.9 Å². The van der Waals surface area contributed by atoms with Crippen LogP contribution in [0.15, 0.2) is 35.5 Å². The molecule has 0 spiro atoms. The lowest BCUT2D eigenvalue weighted by Gasteiger charge is -2.07. The molecule has 0 unspecified atom stereocenters. The normalized spacial score (nSPS) is 11.6. The van der Waals surface area contributed by atoms with Gasteiger partial charge in [-0.3, -0.25) is 9.40 Å². The summed E-state index contributed by atoms with van der Waals surface area (Å²) in [7, 11) is -3.76. The lowest BCUT2D eigenvalue weighted by Crippen LogP contribution is -2.12. The molecule has 0 radical (unpaired) electrons. The van der Waals surface area contributed by atoms with Crippen LogP contribution >= 0.6 is 23.2 Å². The van der Waals surface area contributed by atoms with Crippen LogP contribution in [0.5, 0.6) is 0 Å². The topological polar surface area (TPSA) is 84.2 Å². The average molecular weight is 350 g/mol. The van der Waals surface area contributed by atoms with Crippen molar-refractivity contribution in [1.82, 2.24) is 9.78 Å². The largest absolute Gasteiger partial charge is 0.396 e. The highest BCUT2D eigenvalue weighted by molar-refractivity contribution is 7.92. The van der Waals surface area contributed by atoms with Crippen LogP contribution in [0, 0.1) is 0 Å². The molecule has 6 nitrogen and oxygen atoms in total. The van der Waals surface area contributed by atoms with E-state index >= 15 is 0 Å². The minimum absolute atomic E-state index is 0.0151.